The number of carbonyl (C=O) groups is 2. The van der Waals surface area contributed by atoms with Crippen molar-refractivity contribution in [2.45, 2.75) is 44.7 Å². The molecule has 216 valence electrons. The van der Waals surface area contributed by atoms with Gasteiger partial charge in [0, 0.05) is 25.7 Å². The summed E-state index contributed by atoms with van der Waals surface area (Å²) in [6, 6.07) is 16.0. The summed E-state index contributed by atoms with van der Waals surface area (Å²) in [6.07, 6.45) is 5.07. The minimum absolute atomic E-state index is 0.102. The highest BCUT2D eigenvalue weighted by atomic mass is 19.2. The molecule has 0 aromatic heterocycles. The van der Waals surface area contributed by atoms with Crippen LogP contribution in [0.5, 0.6) is 0 Å². The lowest BCUT2D eigenvalue weighted by molar-refractivity contribution is -0.116. The number of benzene rings is 2. The number of piperidine rings is 2. The summed E-state index contributed by atoms with van der Waals surface area (Å²) in [5.74, 6) is -0.786. The number of halogens is 2. The summed E-state index contributed by atoms with van der Waals surface area (Å²) in [4.78, 5) is 26.7. The van der Waals surface area contributed by atoms with E-state index in [2.05, 4.69) is 39.0 Å². The van der Waals surface area contributed by atoms with Crippen molar-refractivity contribution in [3.8, 4) is 6.07 Å². The number of carbonyl (C=O) groups excluding carboxylic acids is 2. The molecule has 0 bridgehead atoms. The van der Waals surface area contributed by atoms with Crippen LogP contribution in [-0.4, -0.2) is 80.8 Å². The molecular formula is C30H39F2N5O3. The molecule has 0 radical (unpaired) electrons. The van der Waals surface area contributed by atoms with E-state index in [1.165, 1.54) is 50.9 Å². The molecule has 1 N–H and O–H groups in total. The summed E-state index contributed by atoms with van der Waals surface area (Å²) < 4.78 is 28.4. The predicted octanol–water partition coefficient (Wildman–Crippen LogP) is 4.41. The van der Waals surface area contributed by atoms with Crippen LogP contribution in [0.2, 0.25) is 0 Å². The van der Waals surface area contributed by atoms with Crippen molar-refractivity contribution in [2.75, 3.05) is 51.3 Å². The number of para-hydroxylation sites is 1. The van der Waals surface area contributed by atoms with Crippen molar-refractivity contribution >= 4 is 18.2 Å². The maximum absolute atomic E-state index is 11.9. The average molecular weight is 556 g/mol. The Balaban J connectivity index is 0.000000211. The molecule has 5 rings (SSSR count). The molecule has 40 heavy (non-hydrogen) atoms. The van der Waals surface area contributed by atoms with Crippen molar-refractivity contribution in [2.24, 2.45) is 5.92 Å². The van der Waals surface area contributed by atoms with Crippen molar-refractivity contribution in [3.63, 3.8) is 0 Å². The van der Waals surface area contributed by atoms with E-state index >= 15 is 0 Å². The largest absolute Gasteiger partial charge is 0.447 e. The third-order valence-electron chi connectivity index (χ3n) is 7.46. The number of likely N-dealkylation sites (tertiary alicyclic amines) is 1. The maximum Gasteiger partial charge on any atom is 0.416 e. The summed E-state index contributed by atoms with van der Waals surface area (Å²) in [6.45, 7) is 7.86. The van der Waals surface area contributed by atoms with Crippen molar-refractivity contribution in [3.05, 3.63) is 65.7 Å². The number of nitrogens with one attached hydrogen (secondary N) is 1. The molecule has 2 aromatic carbocycles. The van der Waals surface area contributed by atoms with Gasteiger partial charge in [0.05, 0.1) is 17.3 Å². The van der Waals surface area contributed by atoms with E-state index in [9.17, 15) is 23.6 Å². The second-order valence-electron chi connectivity index (χ2n) is 10.3. The number of imide groups is 1. The predicted molar refractivity (Wildman–Crippen MR) is 150 cm³/mol. The Kier molecular flexibility index (Phi) is 12.3. The van der Waals surface area contributed by atoms with Gasteiger partial charge in [-0.25, -0.2) is 18.5 Å². The van der Waals surface area contributed by atoms with E-state index in [4.69, 9.17) is 0 Å². The number of anilines is 1. The van der Waals surface area contributed by atoms with Gasteiger partial charge in [0.2, 0.25) is 6.41 Å². The van der Waals surface area contributed by atoms with E-state index in [0.717, 1.165) is 59.9 Å². The molecule has 0 aliphatic carbocycles. The molecule has 10 heteroatoms. The van der Waals surface area contributed by atoms with Gasteiger partial charge in [-0.05, 0) is 82.9 Å². The standard InChI is InChI=1S/C19H28N4.C6H4F2.C5H7NO3/c1-21-14-16-5-4-10-23(15-16)18-8-11-22(12-9-18)19-7-3-2-6-17(19)13-20;7-5-3-1-2-4-6(5)8;1-4-2-9-5(8)6(4)3-7/h2-3,6-7,16,18,21H,4-5,8-12,14-15H2,1H3;1-4H;3-4H,2H2,1H3. The molecule has 0 saturated carbocycles. The molecule has 3 fully saturated rings. The number of rotatable bonds is 5. The fraction of sp³-hybridized carbons (Fsp3) is 0.500. The summed E-state index contributed by atoms with van der Waals surface area (Å²) in [5, 5.41) is 12.6. The highest BCUT2D eigenvalue weighted by Crippen LogP contribution is 2.27. The molecule has 3 aliphatic rings. The molecule has 3 saturated heterocycles. The van der Waals surface area contributed by atoms with E-state index in [0.29, 0.717) is 13.0 Å². The number of cyclic esters (lactones) is 1. The minimum Gasteiger partial charge on any atom is -0.447 e. The van der Waals surface area contributed by atoms with Crippen LogP contribution >= 0.6 is 0 Å². The number of hydrogen-bond acceptors (Lipinski definition) is 7. The van der Waals surface area contributed by atoms with E-state index in [1.54, 1.807) is 6.92 Å². The van der Waals surface area contributed by atoms with Gasteiger partial charge in [-0.1, -0.05) is 24.3 Å². The number of nitrogens with zero attached hydrogens (tertiary/aromatic N) is 4. The SMILES string of the molecule is CC1COC(=O)N1C=O.CNCC1CCCN(C2CCN(c3ccccc3C#N)CC2)C1.Fc1ccccc1F. The van der Waals surface area contributed by atoms with E-state index < -0.39 is 17.7 Å². The Morgan fingerprint density at radius 3 is 2.23 bits per heavy atom. The first-order valence-corrected chi connectivity index (χ1v) is 13.8. The molecule has 3 heterocycles. The third-order valence-corrected chi connectivity index (χ3v) is 7.46. The lowest BCUT2D eigenvalue weighted by Crippen LogP contribution is -2.49. The highest BCUT2D eigenvalue weighted by Gasteiger charge is 2.29. The summed E-state index contributed by atoms with van der Waals surface area (Å²) >= 11 is 0. The lowest BCUT2D eigenvalue weighted by atomic mass is 9.93. The zero-order valence-corrected chi connectivity index (χ0v) is 23.3. The van der Waals surface area contributed by atoms with Crippen LogP contribution in [0.1, 0.15) is 38.2 Å². The van der Waals surface area contributed by atoms with E-state index in [1.807, 2.05) is 18.2 Å². The van der Waals surface area contributed by atoms with Crippen molar-refractivity contribution in [1.29, 1.82) is 5.26 Å². The first kappa shape index (κ1) is 31.0. The third kappa shape index (κ3) is 8.73. The van der Waals surface area contributed by atoms with Crippen LogP contribution in [0, 0.1) is 28.9 Å². The highest BCUT2D eigenvalue weighted by molar-refractivity contribution is 5.82. The van der Waals surface area contributed by atoms with Gasteiger partial charge in [0.1, 0.15) is 12.7 Å². The monoisotopic (exact) mass is 555 g/mol. The fourth-order valence-electron chi connectivity index (χ4n) is 5.31. The Labute approximate surface area is 235 Å². The minimum atomic E-state index is -0.799. The molecule has 2 amide bonds. The maximum atomic E-state index is 11.9. The Morgan fingerprint density at radius 1 is 1.05 bits per heavy atom. The van der Waals surface area contributed by atoms with Crippen LogP contribution in [0.4, 0.5) is 19.3 Å². The number of amides is 2. The van der Waals surface area contributed by atoms with Gasteiger partial charge in [-0.15, -0.1) is 0 Å². The van der Waals surface area contributed by atoms with E-state index in [-0.39, 0.29) is 6.04 Å². The Morgan fingerprint density at radius 2 is 1.70 bits per heavy atom. The van der Waals surface area contributed by atoms with Gasteiger partial charge in [-0.3, -0.25) is 9.69 Å². The summed E-state index contributed by atoms with van der Waals surface area (Å²) in [5.41, 5.74) is 1.91. The molecule has 2 unspecified atom stereocenters. The number of nitriles is 1. The molecular weight excluding hydrogens is 516 g/mol. The summed E-state index contributed by atoms with van der Waals surface area (Å²) in [7, 11) is 2.06. The quantitative estimate of drug-likeness (QED) is 0.547. The van der Waals surface area contributed by atoms with Gasteiger partial charge in [0.25, 0.3) is 0 Å². The normalized spacial score (nSPS) is 21.3. The van der Waals surface area contributed by atoms with Gasteiger partial charge >= 0.3 is 6.09 Å². The van der Waals surface area contributed by atoms with Crippen LogP contribution in [-0.2, 0) is 9.53 Å². The Bertz CT molecular complexity index is 1110. The zero-order chi connectivity index (χ0) is 28.9. The van der Waals surface area contributed by atoms with Gasteiger partial charge in [-0.2, -0.15) is 5.26 Å². The topological polar surface area (TPSA) is 88.9 Å². The van der Waals surface area contributed by atoms with Crippen LogP contribution < -0.4 is 10.2 Å². The second kappa shape index (κ2) is 15.9. The molecule has 3 aliphatic heterocycles. The van der Waals surface area contributed by atoms with Gasteiger partial charge < -0.3 is 15.0 Å². The molecule has 0 spiro atoms. The van der Waals surface area contributed by atoms with Crippen LogP contribution in [0.25, 0.3) is 0 Å². The fourth-order valence-corrected chi connectivity index (χ4v) is 5.31. The molecule has 2 aromatic rings. The average Bonchev–Trinajstić information content (AvgIpc) is 3.32. The smallest absolute Gasteiger partial charge is 0.416 e. The molecule has 8 nitrogen and oxygen atoms in total. The first-order chi connectivity index (χ1) is 19.4. The van der Waals surface area contributed by atoms with Crippen LogP contribution in [0.15, 0.2) is 48.5 Å². The van der Waals surface area contributed by atoms with Crippen molar-refractivity contribution in [1.82, 2.24) is 15.1 Å². The first-order valence-electron chi connectivity index (χ1n) is 13.8. The Hall–Kier alpha value is -3.55. The van der Waals surface area contributed by atoms with Gasteiger partial charge in [0.15, 0.2) is 11.6 Å². The number of hydrogen-bond donors (Lipinski definition) is 1. The lowest BCUT2D eigenvalue weighted by Gasteiger charge is -2.43. The second-order valence-corrected chi connectivity index (χ2v) is 10.3. The zero-order valence-electron chi connectivity index (χ0n) is 23.3. The number of ether oxygens (including phenoxy) is 1. The van der Waals surface area contributed by atoms with Crippen molar-refractivity contribution < 1.29 is 23.1 Å². The van der Waals surface area contributed by atoms with Crippen LogP contribution in [0.3, 0.4) is 0 Å². The molecule has 2 atom stereocenters.